The molecule has 1 unspecified atom stereocenters. The van der Waals surface area contributed by atoms with E-state index in [2.05, 4.69) is 5.32 Å². The van der Waals surface area contributed by atoms with Crippen molar-refractivity contribution in [3.63, 3.8) is 0 Å². The minimum atomic E-state index is -0.208. The lowest BCUT2D eigenvalue weighted by molar-refractivity contribution is -0.145. The van der Waals surface area contributed by atoms with Crippen LogP contribution in [0.2, 0.25) is 0 Å². The largest absolute Gasteiger partial charge is 0.461 e. The fourth-order valence-electron chi connectivity index (χ4n) is 2.00. The maximum atomic E-state index is 11.5. The Morgan fingerprint density at radius 1 is 1.33 bits per heavy atom. The van der Waals surface area contributed by atoms with Crippen LogP contribution in [0.5, 0.6) is 0 Å². The molecule has 96 valence electrons. The third-order valence-corrected chi connectivity index (χ3v) is 3.02. The molecule has 1 fully saturated rings. The molecule has 1 aromatic rings. The molecule has 1 aromatic carbocycles. The van der Waals surface area contributed by atoms with Gasteiger partial charge >= 0.3 is 5.97 Å². The van der Waals surface area contributed by atoms with Gasteiger partial charge in [0.2, 0.25) is 5.91 Å². The Labute approximate surface area is 106 Å². The van der Waals surface area contributed by atoms with Gasteiger partial charge in [-0.25, -0.2) is 0 Å². The number of ether oxygens (including phenoxy) is 1. The second kappa shape index (κ2) is 6.19. The summed E-state index contributed by atoms with van der Waals surface area (Å²) in [6.45, 7) is 0.316. The molecule has 4 heteroatoms. The van der Waals surface area contributed by atoms with Gasteiger partial charge in [-0.2, -0.15) is 0 Å². The summed E-state index contributed by atoms with van der Waals surface area (Å²) in [5, 5.41) is 2.84. The Morgan fingerprint density at radius 2 is 2.11 bits per heavy atom. The van der Waals surface area contributed by atoms with Crippen molar-refractivity contribution in [3.8, 4) is 0 Å². The van der Waals surface area contributed by atoms with E-state index in [1.807, 2.05) is 30.3 Å². The van der Waals surface area contributed by atoms with Gasteiger partial charge in [0.25, 0.3) is 0 Å². The van der Waals surface area contributed by atoms with Crippen LogP contribution in [-0.4, -0.2) is 17.9 Å². The molecular formula is C14H17NO3. The lowest BCUT2D eigenvalue weighted by Crippen LogP contribution is -2.26. The first-order valence-electron chi connectivity index (χ1n) is 6.23. The van der Waals surface area contributed by atoms with Gasteiger partial charge in [-0.3, -0.25) is 9.59 Å². The van der Waals surface area contributed by atoms with Crippen LogP contribution in [0.25, 0.3) is 0 Å². The molecule has 0 aliphatic carbocycles. The Kier molecular flexibility index (Phi) is 4.34. The van der Waals surface area contributed by atoms with Crippen molar-refractivity contribution in [1.29, 1.82) is 0 Å². The molecule has 4 nitrogen and oxygen atoms in total. The van der Waals surface area contributed by atoms with E-state index in [1.54, 1.807) is 0 Å². The van der Waals surface area contributed by atoms with Crippen LogP contribution in [-0.2, 0) is 20.9 Å². The van der Waals surface area contributed by atoms with Crippen molar-refractivity contribution in [2.75, 3.05) is 0 Å². The van der Waals surface area contributed by atoms with Crippen LogP contribution in [0, 0.1) is 0 Å². The highest BCUT2D eigenvalue weighted by Crippen LogP contribution is 2.12. The number of benzene rings is 1. The van der Waals surface area contributed by atoms with Crippen LogP contribution in [0.3, 0.4) is 0 Å². The maximum Gasteiger partial charge on any atom is 0.306 e. The van der Waals surface area contributed by atoms with Gasteiger partial charge in [0.1, 0.15) is 6.61 Å². The highest BCUT2D eigenvalue weighted by Gasteiger charge is 2.21. The highest BCUT2D eigenvalue weighted by molar-refractivity contribution is 5.78. The summed E-state index contributed by atoms with van der Waals surface area (Å²) in [5.74, 6) is -0.127. The lowest BCUT2D eigenvalue weighted by atomic mass is 10.1. The normalized spacial score (nSPS) is 18.4. The topological polar surface area (TPSA) is 55.4 Å². The number of amides is 1. The van der Waals surface area contributed by atoms with E-state index in [0.29, 0.717) is 25.9 Å². The Hall–Kier alpha value is -1.84. The fraction of sp³-hybridized carbons (Fsp3) is 0.429. The van der Waals surface area contributed by atoms with E-state index in [0.717, 1.165) is 12.0 Å². The van der Waals surface area contributed by atoms with Crippen LogP contribution < -0.4 is 5.32 Å². The maximum absolute atomic E-state index is 11.5. The Morgan fingerprint density at radius 3 is 2.78 bits per heavy atom. The molecule has 1 heterocycles. The molecule has 0 bridgehead atoms. The quantitative estimate of drug-likeness (QED) is 0.807. The molecule has 0 saturated carbocycles. The van der Waals surface area contributed by atoms with Gasteiger partial charge in [-0.05, 0) is 18.4 Å². The number of carbonyl (C=O) groups is 2. The van der Waals surface area contributed by atoms with E-state index in [9.17, 15) is 9.59 Å². The Bertz CT molecular complexity index is 416. The van der Waals surface area contributed by atoms with E-state index in [-0.39, 0.29) is 17.9 Å². The predicted octanol–water partition coefficient (Wildman–Crippen LogP) is 1.79. The van der Waals surface area contributed by atoms with Crippen LogP contribution >= 0.6 is 0 Å². The Balaban J connectivity index is 1.65. The van der Waals surface area contributed by atoms with Crippen molar-refractivity contribution < 1.29 is 14.3 Å². The molecule has 1 atom stereocenters. The van der Waals surface area contributed by atoms with Crippen molar-refractivity contribution in [1.82, 2.24) is 5.32 Å². The summed E-state index contributed by atoms with van der Waals surface area (Å²) in [6.07, 6.45) is 2.42. The summed E-state index contributed by atoms with van der Waals surface area (Å²) in [7, 11) is 0. The lowest BCUT2D eigenvalue weighted by Gasteiger charge is -2.09. The first-order valence-corrected chi connectivity index (χ1v) is 6.23. The van der Waals surface area contributed by atoms with Crippen LogP contribution in [0.4, 0.5) is 0 Å². The van der Waals surface area contributed by atoms with Crippen molar-refractivity contribution in [2.45, 2.75) is 38.3 Å². The summed E-state index contributed by atoms with van der Waals surface area (Å²) in [5.41, 5.74) is 0.986. The third-order valence-electron chi connectivity index (χ3n) is 3.02. The average Bonchev–Trinajstić information content (AvgIpc) is 2.81. The van der Waals surface area contributed by atoms with E-state index >= 15 is 0 Å². The van der Waals surface area contributed by atoms with Gasteiger partial charge in [0.15, 0.2) is 0 Å². The monoisotopic (exact) mass is 247 g/mol. The van der Waals surface area contributed by atoms with Crippen molar-refractivity contribution in [2.24, 2.45) is 0 Å². The molecule has 0 radical (unpaired) electrons. The van der Waals surface area contributed by atoms with Gasteiger partial charge in [0.05, 0.1) is 0 Å². The van der Waals surface area contributed by atoms with E-state index in [1.165, 1.54) is 0 Å². The average molecular weight is 247 g/mol. The van der Waals surface area contributed by atoms with Gasteiger partial charge in [-0.15, -0.1) is 0 Å². The van der Waals surface area contributed by atoms with E-state index in [4.69, 9.17) is 4.74 Å². The molecule has 1 N–H and O–H groups in total. The van der Waals surface area contributed by atoms with Gasteiger partial charge in [0, 0.05) is 18.9 Å². The van der Waals surface area contributed by atoms with Crippen molar-refractivity contribution >= 4 is 11.9 Å². The molecule has 2 rings (SSSR count). The molecule has 18 heavy (non-hydrogen) atoms. The second-order valence-corrected chi connectivity index (χ2v) is 4.49. The summed E-state index contributed by atoms with van der Waals surface area (Å²) in [4.78, 5) is 22.5. The molecule has 1 aliphatic heterocycles. The number of esters is 1. The predicted molar refractivity (Wildman–Crippen MR) is 66.6 cm³/mol. The smallest absolute Gasteiger partial charge is 0.306 e. The number of nitrogens with one attached hydrogen (secondary N) is 1. The number of hydrogen-bond donors (Lipinski definition) is 1. The van der Waals surface area contributed by atoms with E-state index < -0.39 is 0 Å². The highest BCUT2D eigenvalue weighted by atomic mass is 16.5. The number of hydrogen-bond acceptors (Lipinski definition) is 3. The van der Waals surface area contributed by atoms with Gasteiger partial charge in [-0.1, -0.05) is 30.3 Å². The van der Waals surface area contributed by atoms with Crippen LogP contribution in [0.15, 0.2) is 30.3 Å². The first kappa shape index (κ1) is 12.6. The molecule has 1 amide bonds. The zero-order valence-electron chi connectivity index (χ0n) is 10.2. The van der Waals surface area contributed by atoms with Crippen molar-refractivity contribution in [3.05, 3.63) is 35.9 Å². The molecule has 0 aromatic heterocycles. The molecular weight excluding hydrogens is 230 g/mol. The molecule has 0 spiro atoms. The molecule has 1 saturated heterocycles. The number of carbonyl (C=O) groups excluding carboxylic acids is 2. The third kappa shape index (κ3) is 3.87. The minimum Gasteiger partial charge on any atom is -0.461 e. The zero-order chi connectivity index (χ0) is 12.8. The summed E-state index contributed by atoms with van der Waals surface area (Å²) < 4.78 is 5.16. The SMILES string of the molecule is O=C1CCC(CCC(=O)OCc2ccccc2)N1. The zero-order valence-corrected chi connectivity index (χ0v) is 10.2. The summed E-state index contributed by atoms with van der Waals surface area (Å²) in [6, 6.07) is 9.74. The molecule has 1 aliphatic rings. The minimum absolute atomic E-state index is 0.0812. The van der Waals surface area contributed by atoms with Gasteiger partial charge < -0.3 is 10.1 Å². The fourth-order valence-corrected chi connectivity index (χ4v) is 2.00. The first-order chi connectivity index (χ1) is 8.74. The number of rotatable bonds is 5. The summed E-state index contributed by atoms with van der Waals surface area (Å²) >= 11 is 0. The standard InChI is InChI=1S/C14H17NO3/c16-13-8-6-12(15-13)7-9-14(17)18-10-11-4-2-1-3-5-11/h1-5,12H,6-10H2,(H,15,16). The van der Waals surface area contributed by atoms with Crippen LogP contribution in [0.1, 0.15) is 31.2 Å². The second-order valence-electron chi connectivity index (χ2n) is 4.49.